The number of halogens is 2. The number of alkyl halides is 1. The summed E-state index contributed by atoms with van der Waals surface area (Å²) in [6.45, 7) is 6.11. The fraction of sp³-hybridized carbons (Fsp3) is 0.310. The fourth-order valence-electron chi connectivity index (χ4n) is 4.49. The van der Waals surface area contributed by atoms with E-state index in [1.54, 1.807) is 72.2 Å². The lowest BCUT2D eigenvalue weighted by Crippen LogP contribution is -2.46. The maximum Gasteiger partial charge on any atom is 0.321 e. The molecule has 0 bridgehead atoms. The number of aromatic nitrogens is 4. The van der Waals surface area contributed by atoms with Crippen LogP contribution in [-0.2, 0) is 0 Å². The average Bonchev–Trinajstić information content (AvgIpc) is 3.54. The van der Waals surface area contributed by atoms with E-state index in [1.807, 2.05) is 0 Å². The summed E-state index contributed by atoms with van der Waals surface area (Å²) < 4.78 is 34.1. The molecule has 1 unspecified atom stereocenters. The highest BCUT2D eigenvalue weighted by atomic mass is 19.1. The number of carbonyl (C=O) groups excluding carboxylic acids is 1. The number of likely N-dealkylation sites (tertiary alicyclic amines) is 1. The first kappa shape index (κ1) is 27.0. The third kappa shape index (κ3) is 6.03. The van der Waals surface area contributed by atoms with Crippen LogP contribution in [0.4, 0.5) is 19.5 Å². The molecule has 0 saturated carbocycles. The molecule has 1 aliphatic rings. The zero-order chi connectivity index (χ0) is 28.2. The normalized spacial score (nSPS) is 15.9. The Kier molecular flexibility index (Phi) is 7.90. The van der Waals surface area contributed by atoms with Gasteiger partial charge in [0.1, 0.15) is 29.6 Å². The number of amides is 2. The topological polar surface area (TPSA) is 101 Å². The lowest BCUT2D eigenvalue weighted by atomic mass is 10.1. The molecule has 0 aliphatic carbocycles. The number of carbonyl (C=O) groups is 1. The van der Waals surface area contributed by atoms with Crippen LogP contribution in [0, 0.1) is 5.82 Å². The zero-order valence-corrected chi connectivity index (χ0v) is 22.6. The molecule has 9 nitrogen and oxygen atoms in total. The predicted octanol–water partition coefficient (Wildman–Crippen LogP) is 5.98. The van der Waals surface area contributed by atoms with E-state index in [9.17, 15) is 13.6 Å². The molecular formula is C29H31F2N7O2. The molecule has 1 aromatic carbocycles. The lowest BCUT2D eigenvalue weighted by Gasteiger charge is -2.32. The number of allylic oxidation sites excluding steroid dienone is 4. The zero-order valence-electron chi connectivity index (χ0n) is 22.6. The second kappa shape index (κ2) is 11.7. The number of imidazole rings is 1. The number of anilines is 1. The summed E-state index contributed by atoms with van der Waals surface area (Å²) in [5, 5.41) is 6.26. The molecule has 4 heterocycles. The van der Waals surface area contributed by atoms with Gasteiger partial charge in [0, 0.05) is 42.8 Å². The maximum atomic E-state index is 13.5. The Balaban J connectivity index is 1.25. The van der Waals surface area contributed by atoms with Crippen molar-refractivity contribution in [3.63, 3.8) is 0 Å². The highest BCUT2D eigenvalue weighted by molar-refractivity contribution is 5.79. The number of oxazole rings is 1. The van der Waals surface area contributed by atoms with Gasteiger partial charge in [-0.1, -0.05) is 6.08 Å². The van der Waals surface area contributed by atoms with Gasteiger partial charge in [-0.05, 0) is 75.6 Å². The molecule has 208 valence electrons. The van der Waals surface area contributed by atoms with Gasteiger partial charge in [-0.25, -0.2) is 23.5 Å². The van der Waals surface area contributed by atoms with Crippen molar-refractivity contribution in [1.29, 1.82) is 0 Å². The number of benzene rings is 1. The van der Waals surface area contributed by atoms with Crippen molar-refractivity contribution in [2.45, 2.75) is 45.8 Å². The van der Waals surface area contributed by atoms with Crippen molar-refractivity contribution in [2.24, 2.45) is 0 Å². The highest BCUT2D eigenvalue weighted by Crippen LogP contribution is 2.32. The molecule has 11 heteroatoms. The molecule has 1 fully saturated rings. The first-order valence-corrected chi connectivity index (χ1v) is 13.1. The summed E-state index contributed by atoms with van der Waals surface area (Å²) in [4.78, 5) is 28.2. The van der Waals surface area contributed by atoms with Crippen LogP contribution in [0.3, 0.4) is 0 Å². The Morgan fingerprint density at radius 1 is 1.12 bits per heavy atom. The van der Waals surface area contributed by atoms with Gasteiger partial charge in [0.05, 0.1) is 5.69 Å². The number of hydrogen-bond donors (Lipinski definition) is 2. The summed E-state index contributed by atoms with van der Waals surface area (Å²) in [7, 11) is 0. The van der Waals surface area contributed by atoms with Crippen molar-refractivity contribution < 1.29 is 18.0 Å². The number of piperidine rings is 1. The maximum absolute atomic E-state index is 13.5. The van der Waals surface area contributed by atoms with E-state index in [-0.39, 0.29) is 17.9 Å². The van der Waals surface area contributed by atoms with Crippen molar-refractivity contribution in [1.82, 2.24) is 29.6 Å². The lowest BCUT2D eigenvalue weighted by molar-refractivity contribution is 0.186. The number of hydrogen-bond acceptors (Lipinski definition) is 6. The molecule has 3 aromatic heterocycles. The molecule has 4 aromatic rings. The van der Waals surface area contributed by atoms with Crippen molar-refractivity contribution in [3.05, 3.63) is 78.2 Å². The summed E-state index contributed by atoms with van der Waals surface area (Å²) in [6.07, 6.45) is 8.79. The van der Waals surface area contributed by atoms with Gasteiger partial charge in [0.25, 0.3) is 0 Å². The second-order valence-corrected chi connectivity index (χ2v) is 9.85. The molecular weight excluding hydrogens is 516 g/mol. The van der Waals surface area contributed by atoms with E-state index in [4.69, 9.17) is 9.40 Å². The van der Waals surface area contributed by atoms with Crippen LogP contribution in [0.1, 0.15) is 33.6 Å². The van der Waals surface area contributed by atoms with Crippen LogP contribution in [0.5, 0.6) is 0 Å². The van der Waals surface area contributed by atoms with Gasteiger partial charge < -0.3 is 20.0 Å². The van der Waals surface area contributed by atoms with Crippen LogP contribution in [0.25, 0.3) is 28.5 Å². The van der Waals surface area contributed by atoms with Crippen molar-refractivity contribution in [2.75, 3.05) is 18.4 Å². The Labute approximate surface area is 230 Å². The minimum absolute atomic E-state index is 0.0866. The monoisotopic (exact) mass is 547 g/mol. The standard InChI is InChI=1S/C29H31F2N7O2/c1-18(20(3)30)4-5-19(2)33-28(39)37-14-11-23(12-15-37)34-27-32-13-10-24(35-27)26-25(21-6-8-22(31)9-7-21)36-29-38(26)16-17-40-29/h4-10,13,16-17,20,23H,11-12,14-15H2,1-3H3,(H,33,39)(H,32,34,35)/b18-4+,19-5+. The molecule has 0 spiro atoms. The number of fused-ring (bicyclic) bond motifs is 1. The van der Waals surface area contributed by atoms with E-state index in [0.29, 0.717) is 53.2 Å². The molecule has 1 saturated heterocycles. The third-order valence-corrected chi connectivity index (χ3v) is 6.92. The Morgan fingerprint density at radius 2 is 1.88 bits per heavy atom. The third-order valence-electron chi connectivity index (χ3n) is 6.92. The van der Waals surface area contributed by atoms with Crippen LogP contribution >= 0.6 is 0 Å². The van der Waals surface area contributed by atoms with E-state index >= 15 is 0 Å². The Morgan fingerprint density at radius 3 is 2.60 bits per heavy atom. The summed E-state index contributed by atoms with van der Waals surface area (Å²) in [5.74, 6) is 0.542. The van der Waals surface area contributed by atoms with Crippen molar-refractivity contribution in [3.8, 4) is 22.6 Å². The van der Waals surface area contributed by atoms with Crippen LogP contribution < -0.4 is 10.6 Å². The molecule has 1 aliphatic heterocycles. The minimum Gasteiger partial charge on any atom is -0.432 e. The van der Waals surface area contributed by atoms with E-state index in [0.717, 1.165) is 18.4 Å². The summed E-state index contributed by atoms with van der Waals surface area (Å²) in [5.41, 5.74) is 3.96. The van der Waals surface area contributed by atoms with Gasteiger partial charge >= 0.3 is 11.9 Å². The van der Waals surface area contributed by atoms with Crippen LogP contribution in [-0.4, -0.2) is 55.6 Å². The highest BCUT2D eigenvalue weighted by Gasteiger charge is 2.24. The molecule has 2 N–H and O–H groups in total. The second-order valence-electron chi connectivity index (χ2n) is 9.85. The first-order chi connectivity index (χ1) is 19.3. The van der Waals surface area contributed by atoms with E-state index < -0.39 is 6.17 Å². The summed E-state index contributed by atoms with van der Waals surface area (Å²) in [6, 6.07) is 7.83. The Hall–Kier alpha value is -4.54. The van der Waals surface area contributed by atoms with E-state index in [1.165, 1.54) is 19.1 Å². The van der Waals surface area contributed by atoms with Gasteiger partial charge in [-0.2, -0.15) is 4.98 Å². The fourth-order valence-corrected chi connectivity index (χ4v) is 4.49. The number of nitrogens with one attached hydrogen (secondary N) is 2. The van der Waals surface area contributed by atoms with Gasteiger partial charge in [0.2, 0.25) is 5.95 Å². The Bertz CT molecular complexity index is 1550. The smallest absolute Gasteiger partial charge is 0.321 e. The number of rotatable bonds is 7. The quantitative estimate of drug-likeness (QED) is 0.276. The van der Waals surface area contributed by atoms with Gasteiger partial charge in [-0.15, -0.1) is 0 Å². The largest absolute Gasteiger partial charge is 0.432 e. The SMILES string of the molecule is C/C(=C\C=C(/C)C(C)F)NC(=O)N1CCC(Nc2nccc(-c3c(-c4ccc(F)cc4)nc4occn34)n2)CC1. The number of nitrogens with zero attached hydrogens (tertiary/aromatic N) is 5. The van der Waals surface area contributed by atoms with Crippen LogP contribution in [0.2, 0.25) is 0 Å². The molecule has 1 atom stereocenters. The van der Waals surface area contributed by atoms with Crippen LogP contribution in [0.15, 0.2) is 76.8 Å². The molecule has 40 heavy (non-hydrogen) atoms. The van der Waals surface area contributed by atoms with Gasteiger partial charge in [0.15, 0.2) is 0 Å². The molecule has 0 radical (unpaired) electrons. The van der Waals surface area contributed by atoms with E-state index in [2.05, 4.69) is 20.6 Å². The van der Waals surface area contributed by atoms with Gasteiger partial charge in [-0.3, -0.25) is 4.40 Å². The molecule has 5 rings (SSSR count). The number of urea groups is 1. The summed E-state index contributed by atoms with van der Waals surface area (Å²) >= 11 is 0. The first-order valence-electron chi connectivity index (χ1n) is 13.1. The minimum atomic E-state index is -1.03. The molecule has 2 amide bonds. The average molecular weight is 548 g/mol. The van der Waals surface area contributed by atoms with Crippen molar-refractivity contribution >= 4 is 17.8 Å². The predicted molar refractivity (Wildman–Crippen MR) is 149 cm³/mol.